The average Bonchev–Trinajstić information content (AvgIpc) is 2.73. The summed E-state index contributed by atoms with van der Waals surface area (Å²) in [5, 5.41) is 3.51. The van der Waals surface area contributed by atoms with Crippen LogP contribution in [0.15, 0.2) is 53.3 Å². The summed E-state index contributed by atoms with van der Waals surface area (Å²) >= 11 is 0. The molecule has 6 nitrogen and oxygen atoms in total. The second-order valence-electron chi connectivity index (χ2n) is 7.31. The molecule has 3 rings (SSSR count). The van der Waals surface area contributed by atoms with E-state index < -0.39 is 0 Å². The van der Waals surface area contributed by atoms with E-state index in [9.17, 15) is 9.59 Å². The molecule has 0 saturated carbocycles. The first-order valence-electron chi connectivity index (χ1n) is 10.1. The van der Waals surface area contributed by atoms with Gasteiger partial charge in [0.1, 0.15) is 5.82 Å². The van der Waals surface area contributed by atoms with Crippen LogP contribution in [0.3, 0.4) is 0 Å². The van der Waals surface area contributed by atoms with Crippen LogP contribution < -0.4 is 10.9 Å². The summed E-state index contributed by atoms with van der Waals surface area (Å²) in [5.41, 5.74) is 2.56. The van der Waals surface area contributed by atoms with E-state index in [0.717, 1.165) is 12.1 Å². The molecule has 3 aromatic rings. The lowest BCUT2D eigenvalue weighted by Crippen LogP contribution is -2.33. The number of nitrogens with one attached hydrogen (secondary N) is 2. The molecule has 2 N–H and O–H groups in total. The number of nitrogens with zero attached hydrogens (tertiary/aromatic N) is 2. The SMILES string of the molecule is CCC(C)c1ccc(NC(=O)CN(CC)Cc2nc3ccccc3c(=O)[nH]2)cc1. The number of rotatable bonds is 8. The predicted molar refractivity (Wildman–Crippen MR) is 117 cm³/mol. The molecule has 0 aliphatic rings. The van der Waals surface area contributed by atoms with Crippen LogP contribution in [0.2, 0.25) is 0 Å². The molecule has 152 valence electrons. The smallest absolute Gasteiger partial charge is 0.258 e. The highest BCUT2D eigenvalue weighted by molar-refractivity contribution is 5.92. The number of carbonyl (C=O) groups is 1. The zero-order valence-electron chi connectivity index (χ0n) is 17.2. The third kappa shape index (κ3) is 5.29. The van der Waals surface area contributed by atoms with Crippen LogP contribution >= 0.6 is 0 Å². The van der Waals surface area contributed by atoms with Crippen molar-refractivity contribution < 1.29 is 4.79 Å². The zero-order chi connectivity index (χ0) is 20.8. The minimum absolute atomic E-state index is 0.0914. The minimum atomic E-state index is -0.160. The Kier molecular flexibility index (Phi) is 6.77. The number of aromatic amines is 1. The maximum absolute atomic E-state index is 12.5. The molecule has 1 amide bonds. The lowest BCUT2D eigenvalue weighted by Gasteiger charge is -2.19. The first-order chi connectivity index (χ1) is 14.0. The second-order valence-corrected chi connectivity index (χ2v) is 7.31. The number of H-pyrrole nitrogens is 1. The Morgan fingerprint density at radius 1 is 1.14 bits per heavy atom. The Hall–Kier alpha value is -2.99. The van der Waals surface area contributed by atoms with Crippen LogP contribution in [0.25, 0.3) is 10.9 Å². The van der Waals surface area contributed by atoms with Gasteiger partial charge in [0.05, 0.1) is 24.0 Å². The van der Waals surface area contributed by atoms with Crippen LogP contribution in [0, 0.1) is 0 Å². The van der Waals surface area contributed by atoms with Crippen LogP contribution in [0.5, 0.6) is 0 Å². The van der Waals surface area contributed by atoms with Crippen molar-refractivity contribution >= 4 is 22.5 Å². The Morgan fingerprint density at radius 2 is 1.86 bits per heavy atom. The molecular weight excluding hydrogens is 364 g/mol. The third-order valence-corrected chi connectivity index (χ3v) is 5.23. The molecule has 0 fully saturated rings. The van der Waals surface area contributed by atoms with Gasteiger partial charge in [0.2, 0.25) is 5.91 Å². The van der Waals surface area contributed by atoms with Crippen LogP contribution in [-0.2, 0) is 11.3 Å². The Labute approximate surface area is 171 Å². The number of carbonyl (C=O) groups excluding carboxylic acids is 1. The summed E-state index contributed by atoms with van der Waals surface area (Å²) in [6.07, 6.45) is 1.09. The van der Waals surface area contributed by atoms with Gasteiger partial charge in [-0.15, -0.1) is 0 Å². The van der Waals surface area contributed by atoms with E-state index in [-0.39, 0.29) is 18.0 Å². The Morgan fingerprint density at radius 3 is 2.55 bits per heavy atom. The van der Waals surface area contributed by atoms with Gasteiger partial charge in [-0.25, -0.2) is 4.98 Å². The molecule has 0 radical (unpaired) electrons. The molecule has 2 aromatic carbocycles. The molecule has 0 bridgehead atoms. The van der Waals surface area contributed by atoms with Crippen molar-refractivity contribution in [2.75, 3.05) is 18.4 Å². The highest BCUT2D eigenvalue weighted by atomic mass is 16.2. The fourth-order valence-corrected chi connectivity index (χ4v) is 3.24. The van der Waals surface area contributed by atoms with Gasteiger partial charge in [-0.3, -0.25) is 14.5 Å². The van der Waals surface area contributed by atoms with Crippen molar-refractivity contribution in [3.05, 3.63) is 70.3 Å². The number of benzene rings is 2. The van der Waals surface area contributed by atoms with E-state index in [2.05, 4.69) is 41.3 Å². The number of aromatic nitrogens is 2. The van der Waals surface area contributed by atoms with E-state index >= 15 is 0 Å². The molecule has 0 aliphatic carbocycles. The van der Waals surface area contributed by atoms with Gasteiger partial charge < -0.3 is 10.3 Å². The van der Waals surface area contributed by atoms with Gasteiger partial charge in [0, 0.05) is 5.69 Å². The number of likely N-dealkylation sites (N-methyl/N-ethyl adjacent to an activating group) is 1. The fourth-order valence-electron chi connectivity index (χ4n) is 3.24. The van der Waals surface area contributed by atoms with E-state index in [1.807, 2.05) is 42.2 Å². The van der Waals surface area contributed by atoms with Gasteiger partial charge in [-0.2, -0.15) is 0 Å². The lowest BCUT2D eigenvalue weighted by atomic mass is 9.99. The highest BCUT2D eigenvalue weighted by Gasteiger charge is 2.13. The highest BCUT2D eigenvalue weighted by Crippen LogP contribution is 2.20. The quantitative estimate of drug-likeness (QED) is 0.609. The normalized spacial score (nSPS) is 12.3. The third-order valence-electron chi connectivity index (χ3n) is 5.23. The van der Waals surface area contributed by atoms with Gasteiger partial charge >= 0.3 is 0 Å². The molecule has 1 heterocycles. The molecule has 0 saturated heterocycles. The van der Waals surface area contributed by atoms with Crippen LogP contribution in [0.4, 0.5) is 5.69 Å². The molecule has 0 aliphatic heterocycles. The van der Waals surface area contributed by atoms with Crippen molar-refractivity contribution in [2.45, 2.75) is 39.7 Å². The van der Waals surface area contributed by atoms with Crippen molar-refractivity contribution in [1.29, 1.82) is 0 Å². The lowest BCUT2D eigenvalue weighted by molar-refractivity contribution is -0.117. The minimum Gasteiger partial charge on any atom is -0.325 e. The molecule has 29 heavy (non-hydrogen) atoms. The van der Waals surface area contributed by atoms with Crippen molar-refractivity contribution in [1.82, 2.24) is 14.9 Å². The van der Waals surface area contributed by atoms with Crippen molar-refractivity contribution in [3.8, 4) is 0 Å². The standard InChI is InChI=1S/C23H28N4O2/c1-4-16(3)17-10-12-18(13-11-17)24-22(28)15-27(5-2)14-21-25-20-9-7-6-8-19(20)23(29)26-21/h6-13,16H,4-5,14-15H2,1-3H3,(H,24,28)(H,25,26,29). The molecular formula is C23H28N4O2. The van der Waals surface area contributed by atoms with E-state index in [4.69, 9.17) is 0 Å². The topological polar surface area (TPSA) is 78.1 Å². The number of anilines is 1. The first kappa shape index (κ1) is 20.7. The molecule has 0 spiro atoms. The number of para-hydroxylation sites is 1. The van der Waals surface area contributed by atoms with Crippen molar-refractivity contribution in [2.24, 2.45) is 0 Å². The van der Waals surface area contributed by atoms with Gasteiger partial charge in [0.25, 0.3) is 5.56 Å². The summed E-state index contributed by atoms with van der Waals surface area (Å²) in [6, 6.07) is 15.3. The maximum Gasteiger partial charge on any atom is 0.258 e. The number of amides is 1. The van der Waals surface area contributed by atoms with E-state index in [1.54, 1.807) is 6.07 Å². The van der Waals surface area contributed by atoms with Gasteiger partial charge in [0.15, 0.2) is 0 Å². The number of fused-ring (bicyclic) bond motifs is 1. The Balaban J connectivity index is 1.63. The van der Waals surface area contributed by atoms with E-state index in [1.165, 1.54) is 5.56 Å². The van der Waals surface area contributed by atoms with Crippen molar-refractivity contribution in [3.63, 3.8) is 0 Å². The second kappa shape index (κ2) is 9.47. The molecule has 1 unspecified atom stereocenters. The number of hydrogen-bond donors (Lipinski definition) is 2. The summed E-state index contributed by atoms with van der Waals surface area (Å²) in [7, 11) is 0. The average molecular weight is 393 g/mol. The summed E-state index contributed by atoms with van der Waals surface area (Å²) in [6.45, 7) is 7.62. The Bertz CT molecular complexity index is 1030. The maximum atomic E-state index is 12.5. The van der Waals surface area contributed by atoms with Gasteiger partial charge in [-0.05, 0) is 48.7 Å². The molecule has 6 heteroatoms. The summed E-state index contributed by atoms with van der Waals surface area (Å²) in [5.74, 6) is 0.972. The van der Waals surface area contributed by atoms with E-state index in [0.29, 0.717) is 35.7 Å². The molecule has 1 aromatic heterocycles. The molecule has 1 atom stereocenters. The predicted octanol–water partition coefficient (Wildman–Crippen LogP) is 3.90. The summed E-state index contributed by atoms with van der Waals surface area (Å²) in [4.78, 5) is 34.0. The van der Waals surface area contributed by atoms with Gasteiger partial charge in [-0.1, -0.05) is 45.0 Å². The number of hydrogen-bond acceptors (Lipinski definition) is 4. The monoisotopic (exact) mass is 392 g/mol. The largest absolute Gasteiger partial charge is 0.325 e. The summed E-state index contributed by atoms with van der Waals surface area (Å²) < 4.78 is 0. The fraction of sp³-hybridized carbons (Fsp3) is 0.348. The van der Waals surface area contributed by atoms with Crippen LogP contribution in [0.1, 0.15) is 44.5 Å². The zero-order valence-corrected chi connectivity index (χ0v) is 17.2. The van der Waals surface area contributed by atoms with Crippen LogP contribution in [-0.4, -0.2) is 33.9 Å². The first-order valence-corrected chi connectivity index (χ1v) is 10.1.